The summed E-state index contributed by atoms with van der Waals surface area (Å²) in [6, 6.07) is 12.3. The minimum atomic E-state index is -3.60. The number of amides is 1. The number of carbonyl (C=O) groups excluding carboxylic acids is 1. The lowest BCUT2D eigenvalue weighted by Crippen LogP contribution is -2.35. The van der Waals surface area contributed by atoms with Crippen LogP contribution in [0, 0.1) is 12.8 Å². The summed E-state index contributed by atoms with van der Waals surface area (Å²) in [5, 5.41) is 2.92. The SMILES string of the molecule is Cc1cccc(Oc2ccc(S(=O)(=O)N3CCCCC3)cc2NC(=O)C2CCC2)c1. The van der Waals surface area contributed by atoms with Crippen LogP contribution in [-0.4, -0.2) is 31.7 Å². The van der Waals surface area contributed by atoms with Crippen molar-refractivity contribution in [1.82, 2.24) is 4.31 Å². The quantitative estimate of drug-likeness (QED) is 0.724. The third-order valence-electron chi connectivity index (χ3n) is 5.86. The molecule has 1 heterocycles. The van der Waals surface area contributed by atoms with Crippen LogP contribution < -0.4 is 10.1 Å². The van der Waals surface area contributed by atoms with Crippen molar-refractivity contribution in [3.63, 3.8) is 0 Å². The van der Waals surface area contributed by atoms with Gasteiger partial charge in [-0.05, 0) is 68.5 Å². The third kappa shape index (κ3) is 4.52. The van der Waals surface area contributed by atoms with E-state index in [-0.39, 0.29) is 16.7 Å². The van der Waals surface area contributed by atoms with Gasteiger partial charge < -0.3 is 10.1 Å². The number of anilines is 1. The summed E-state index contributed by atoms with van der Waals surface area (Å²) in [4.78, 5) is 12.8. The molecule has 7 heteroatoms. The molecular formula is C23H28N2O4S. The summed E-state index contributed by atoms with van der Waals surface area (Å²) in [6.07, 6.45) is 5.58. The molecular weight excluding hydrogens is 400 g/mol. The Morgan fingerprint density at radius 2 is 1.80 bits per heavy atom. The molecule has 0 bridgehead atoms. The second-order valence-electron chi connectivity index (χ2n) is 8.16. The third-order valence-corrected chi connectivity index (χ3v) is 7.75. The average Bonchev–Trinajstić information content (AvgIpc) is 2.68. The normalized spacial score (nSPS) is 17.9. The highest BCUT2D eigenvalue weighted by molar-refractivity contribution is 7.89. The molecule has 0 radical (unpaired) electrons. The largest absolute Gasteiger partial charge is 0.455 e. The Kier molecular flexibility index (Phi) is 6.11. The molecule has 2 fully saturated rings. The van der Waals surface area contributed by atoms with E-state index in [0.29, 0.717) is 30.3 Å². The van der Waals surface area contributed by atoms with Crippen LogP contribution in [0.3, 0.4) is 0 Å². The first-order chi connectivity index (χ1) is 14.4. The minimum Gasteiger partial charge on any atom is -0.455 e. The Morgan fingerprint density at radius 1 is 1.03 bits per heavy atom. The fourth-order valence-corrected chi connectivity index (χ4v) is 5.37. The first-order valence-electron chi connectivity index (χ1n) is 10.6. The van der Waals surface area contributed by atoms with Gasteiger partial charge in [-0.15, -0.1) is 0 Å². The molecule has 160 valence electrons. The first-order valence-corrected chi connectivity index (χ1v) is 12.1. The van der Waals surface area contributed by atoms with Gasteiger partial charge >= 0.3 is 0 Å². The zero-order valence-corrected chi connectivity index (χ0v) is 18.1. The fraction of sp³-hybridized carbons (Fsp3) is 0.435. The summed E-state index contributed by atoms with van der Waals surface area (Å²) in [5.41, 5.74) is 1.45. The lowest BCUT2D eigenvalue weighted by molar-refractivity contribution is -0.122. The van der Waals surface area contributed by atoms with Gasteiger partial charge in [0.1, 0.15) is 5.75 Å². The van der Waals surface area contributed by atoms with E-state index in [1.807, 2.05) is 31.2 Å². The number of ether oxygens (including phenoxy) is 1. The molecule has 1 aliphatic carbocycles. The summed E-state index contributed by atoms with van der Waals surface area (Å²) in [5.74, 6) is 0.980. The Hall–Kier alpha value is -2.38. The van der Waals surface area contributed by atoms with E-state index in [4.69, 9.17) is 4.74 Å². The van der Waals surface area contributed by atoms with Gasteiger partial charge in [0.25, 0.3) is 0 Å². The van der Waals surface area contributed by atoms with Crippen molar-refractivity contribution in [3.05, 3.63) is 48.0 Å². The molecule has 0 aromatic heterocycles. The Bertz CT molecular complexity index is 1030. The van der Waals surface area contributed by atoms with Crippen LogP contribution in [0.4, 0.5) is 5.69 Å². The molecule has 1 saturated carbocycles. The Labute approximate surface area is 178 Å². The number of nitrogens with one attached hydrogen (secondary N) is 1. The number of sulfonamides is 1. The van der Waals surface area contributed by atoms with E-state index in [1.165, 1.54) is 10.4 Å². The van der Waals surface area contributed by atoms with Gasteiger partial charge in [0, 0.05) is 19.0 Å². The highest BCUT2D eigenvalue weighted by atomic mass is 32.2. The molecule has 1 N–H and O–H groups in total. The predicted octanol–water partition coefficient (Wildman–Crippen LogP) is 4.70. The van der Waals surface area contributed by atoms with Crippen LogP contribution in [0.5, 0.6) is 11.5 Å². The summed E-state index contributed by atoms with van der Waals surface area (Å²) in [6.45, 7) is 3.04. The van der Waals surface area contributed by atoms with Gasteiger partial charge in [-0.3, -0.25) is 4.79 Å². The molecule has 2 aliphatic rings. The fourth-order valence-electron chi connectivity index (χ4n) is 3.82. The lowest BCUT2D eigenvalue weighted by Gasteiger charge is -2.27. The van der Waals surface area contributed by atoms with Gasteiger partial charge in [-0.25, -0.2) is 8.42 Å². The number of hydrogen-bond donors (Lipinski definition) is 1. The van der Waals surface area contributed by atoms with Crippen molar-refractivity contribution in [2.45, 2.75) is 50.3 Å². The second kappa shape index (κ2) is 8.78. The van der Waals surface area contributed by atoms with E-state index < -0.39 is 10.0 Å². The summed E-state index contributed by atoms with van der Waals surface area (Å²) in [7, 11) is -3.60. The van der Waals surface area contributed by atoms with Crippen LogP contribution >= 0.6 is 0 Å². The number of nitrogens with zero attached hydrogens (tertiary/aromatic N) is 1. The van der Waals surface area contributed by atoms with Crippen LogP contribution in [0.15, 0.2) is 47.4 Å². The maximum Gasteiger partial charge on any atom is 0.243 e. The summed E-state index contributed by atoms with van der Waals surface area (Å²) >= 11 is 0. The van der Waals surface area contributed by atoms with Gasteiger partial charge in [-0.1, -0.05) is 25.0 Å². The number of hydrogen-bond acceptors (Lipinski definition) is 4. The number of benzene rings is 2. The molecule has 1 aliphatic heterocycles. The number of carbonyl (C=O) groups is 1. The van der Waals surface area contributed by atoms with Gasteiger partial charge in [-0.2, -0.15) is 4.31 Å². The monoisotopic (exact) mass is 428 g/mol. The summed E-state index contributed by atoms with van der Waals surface area (Å²) < 4.78 is 33.8. The number of rotatable bonds is 6. The highest BCUT2D eigenvalue weighted by Gasteiger charge is 2.29. The molecule has 0 unspecified atom stereocenters. The molecule has 6 nitrogen and oxygen atoms in total. The molecule has 2 aromatic rings. The molecule has 1 saturated heterocycles. The molecule has 30 heavy (non-hydrogen) atoms. The van der Waals surface area contributed by atoms with E-state index in [2.05, 4.69) is 5.32 Å². The van der Waals surface area contributed by atoms with Gasteiger partial charge in [0.2, 0.25) is 15.9 Å². The molecule has 2 aromatic carbocycles. The zero-order valence-electron chi connectivity index (χ0n) is 17.3. The van der Waals surface area contributed by atoms with Gasteiger partial charge in [0.05, 0.1) is 10.6 Å². The van der Waals surface area contributed by atoms with E-state index >= 15 is 0 Å². The van der Waals surface area contributed by atoms with Crippen LogP contribution in [0.1, 0.15) is 44.1 Å². The van der Waals surface area contributed by atoms with E-state index in [9.17, 15) is 13.2 Å². The standard InChI is InChI=1S/C23H28N2O4S/c1-17-7-5-10-19(15-17)29-22-12-11-20(30(27,28)25-13-3-2-4-14-25)16-21(22)24-23(26)18-8-6-9-18/h5,7,10-12,15-16,18H,2-4,6,8-9,13-14H2,1H3,(H,24,26). The van der Waals surface area contributed by atoms with Crippen molar-refractivity contribution >= 4 is 21.6 Å². The van der Waals surface area contributed by atoms with E-state index in [0.717, 1.165) is 44.1 Å². The van der Waals surface area contributed by atoms with Gasteiger partial charge in [0.15, 0.2) is 5.75 Å². The molecule has 0 spiro atoms. The first kappa shape index (κ1) is 20.9. The second-order valence-corrected chi connectivity index (χ2v) is 10.1. The van der Waals surface area contributed by atoms with Crippen molar-refractivity contribution in [2.75, 3.05) is 18.4 Å². The number of piperidine rings is 1. The smallest absolute Gasteiger partial charge is 0.243 e. The maximum absolute atomic E-state index is 13.1. The lowest BCUT2D eigenvalue weighted by atomic mass is 9.85. The van der Waals surface area contributed by atoms with E-state index in [1.54, 1.807) is 12.1 Å². The maximum atomic E-state index is 13.1. The topological polar surface area (TPSA) is 75.7 Å². The van der Waals surface area contributed by atoms with Crippen molar-refractivity contribution in [2.24, 2.45) is 5.92 Å². The zero-order chi connectivity index (χ0) is 21.1. The van der Waals surface area contributed by atoms with Crippen LogP contribution in [-0.2, 0) is 14.8 Å². The van der Waals surface area contributed by atoms with Crippen molar-refractivity contribution in [1.29, 1.82) is 0 Å². The minimum absolute atomic E-state index is 0.0147. The van der Waals surface area contributed by atoms with Crippen LogP contribution in [0.2, 0.25) is 0 Å². The Balaban J connectivity index is 1.65. The van der Waals surface area contributed by atoms with Crippen LogP contribution in [0.25, 0.3) is 0 Å². The molecule has 4 rings (SSSR count). The van der Waals surface area contributed by atoms with Crippen molar-refractivity contribution in [3.8, 4) is 11.5 Å². The number of aryl methyl sites for hydroxylation is 1. The van der Waals surface area contributed by atoms with Crippen molar-refractivity contribution < 1.29 is 17.9 Å². The highest BCUT2D eigenvalue weighted by Crippen LogP contribution is 2.35. The molecule has 0 atom stereocenters. The average molecular weight is 429 g/mol. The Morgan fingerprint density at radius 3 is 2.47 bits per heavy atom. The molecule has 1 amide bonds. The predicted molar refractivity (Wildman–Crippen MR) is 116 cm³/mol.